The lowest BCUT2D eigenvalue weighted by Crippen LogP contribution is -2.28. The van der Waals surface area contributed by atoms with Crippen LogP contribution in [0.15, 0.2) is 29.4 Å². The van der Waals surface area contributed by atoms with Gasteiger partial charge in [-0.1, -0.05) is 46.9 Å². The Hall–Kier alpha value is -1.53. The second-order valence-electron chi connectivity index (χ2n) is 4.11. The van der Waals surface area contributed by atoms with Gasteiger partial charge in [-0.05, 0) is 29.3 Å². The molecule has 0 radical (unpaired) electrons. The molecule has 1 amide bonds. The number of pyridine rings is 1. The molecule has 0 aliphatic rings. The molecule has 5 nitrogen and oxygen atoms in total. The maximum Gasteiger partial charge on any atom is 0.337 e. The predicted octanol–water partition coefficient (Wildman–Crippen LogP) is 3.46. The summed E-state index contributed by atoms with van der Waals surface area (Å²) in [4.78, 5) is 14.6. The number of hydrazone groups is 1. The van der Waals surface area contributed by atoms with Crippen LogP contribution in [0.3, 0.4) is 0 Å². The SMILES string of the molecule is Nc1c(Cl)c(Cl)[nH+]c(C(=O)N/N=C\c2ccc(Cl)cc2)c1Cl. The smallest absolute Gasteiger partial charge is 0.337 e. The van der Waals surface area contributed by atoms with Gasteiger partial charge >= 0.3 is 5.91 Å². The second-order valence-corrected chi connectivity index (χ2v) is 5.68. The number of anilines is 1. The first kappa shape index (κ1) is 16.8. The third kappa shape index (κ3) is 3.81. The molecule has 0 spiro atoms. The van der Waals surface area contributed by atoms with E-state index in [0.717, 1.165) is 5.56 Å². The van der Waals surface area contributed by atoms with E-state index in [-0.39, 0.29) is 26.6 Å². The number of halogens is 4. The fraction of sp³-hybridized carbons (Fsp3) is 0. The van der Waals surface area contributed by atoms with E-state index in [1.807, 2.05) is 0 Å². The Morgan fingerprint density at radius 2 is 1.77 bits per heavy atom. The number of carbonyl (C=O) groups excluding carboxylic acids is 1. The number of benzene rings is 1. The maximum absolute atomic E-state index is 12.0. The number of amides is 1. The van der Waals surface area contributed by atoms with Gasteiger partial charge in [0.1, 0.15) is 10.0 Å². The van der Waals surface area contributed by atoms with Gasteiger partial charge < -0.3 is 5.73 Å². The molecular weight excluding hydrogens is 370 g/mol. The number of nitrogens with one attached hydrogen (secondary N) is 2. The first-order valence-corrected chi connectivity index (χ1v) is 7.35. The fourth-order valence-electron chi connectivity index (χ4n) is 1.50. The molecule has 1 heterocycles. The summed E-state index contributed by atoms with van der Waals surface area (Å²) < 4.78 is 0. The van der Waals surface area contributed by atoms with E-state index in [1.165, 1.54) is 6.21 Å². The molecule has 9 heteroatoms. The summed E-state index contributed by atoms with van der Waals surface area (Å²) in [5.74, 6) is -0.611. The average molecular weight is 379 g/mol. The quantitative estimate of drug-likeness (QED) is 0.487. The summed E-state index contributed by atoms with van der Waals surface area (Å²) in [5, 5.41) is 4.44. The van der Waals surface area contributed by atoms with Crippen LogP contribution in [0.2, 0.25) is 20.2 Å². The van der Waals surface area contributed by atoms with Crippen LogP contribution in [0, 0.1) is 0 Å². The van der Waals surface area contributed by atoms with Crippen LogP contribution in [0.4, 0.5) is 5.69 Å². The largest absolute Gasteiger partial charge is 0.396 e. The van der Waals surface area contributed by atoms with E-state index >= 15 is 0 Å². The molecule has 0 saturated carbocycles. The van der Waals surface area contributed by atoms with E-state index in [2.05, 4.69) is 15.5 Å². The van der Waals surface area contributed by atoms with Gasteiger partial charge in [0, 0.05) is 5.02 Å². The van der Waals surface area contributed by atoms with Crippen molar-refractivity contribution in [3.8, 4) is 0 Å². The van der Waals surface area contributed by atoms with Gasteiger partial charge in [-0.2, -0.15) is 10.1 Å². The van der Waals surface area contributed by atoms with Crippen LogP contribution in [0.1, 0.15) is 16.1 Å². The molecule has 0 unspecified atom stereocenters. The molecule has 22 heavy (non-hydrogen) atoms. The van der Waals surface area contributed by atoms with Crippen molar-refractivity contribution in [3.05, 3.63) is 55.7 Å². The van der Waals surface area contributed by atoms with E-state index < -0.39 is 5.91 Å². The van der Waals surface area contributed by atoms with Crippen LogP contribution in [-0.4, -0.2) is 12.1 Å². The molecule has 0 aliphatic heterocycles. The zero-order valence-electron chi connectivity index (χ0n) is 10.8. The van der Waals surface area contributed by atoms with E-state index in [4.69, 9.17) is 52.1 Å². The van der Waals surface area contributed by atoms with Crippen LogP contribution in [0.5, 0.6) is 0 Å². The number of rotatable bonds is 3. The van der Waals surface area contributed by atoms with Gasteiger partial charge in [0.15, 0.2) is 0 Å². The van der Waals surface area contributed by atoms with Crippen molar-refractivity contribution in [1.82, 2.24) is 5.43 Å². The topological polar surface area (TPSA) is 81.6 Å². The Morgan fingerprint density at radius 1 is 1.14 bits per heavy atom. The highest BCUT2D eigenvalue weighted by molar-refractivity contribution is 6.45. The number of aromatic amines is 1. The van der Waals surface area contributed by atoms with Crippen molar-refractivity contribution >= 4 is 64.2 Å². The fourth-order valence-corrected chi connectivity index (χ4v) is 2.24. The van der Waals surface area contributed by atoms with E-state index in [9.17, 15) is 4.79 Å². The summed E-state index contributed by atoms with van der Waals surface area (Å²) in [6, 6.07) is 6.90. The summed E-state index contributed by atoms with van der Waals surface area (Å²) in [6.45, 7) is 0. The molecule has 0 bridgehead atoms. The number of aromatic nitrogens is 1. The number of hydrogen-bond donors (Lipinski definition) is 2. The van der Waals surface area contributed by atoms with Crippen molar-refractivity contribution in [3.63, 3.8) is 0 Å². The molecule has 2 aromatic rings. The number of nitrogens with zero attached hydrogens (tertiary/aromatic N) is 1. The molecule has 0 fully saturated rings. The Labute approximate surface area is 146 Å². The number of nitrogen functional groups attached to an aromatic ring is 1. The third-order valence-electron chi connectivity index (χ3n) is 2.60. The Kier molecular flexibility index (Phi) is 5.47. The van der Waals surface area contributed by atoms with Gasteiger partial charge in [0.25, 0.3) is 10.8 Å². The minimum absolute atomic E-state index is 0.00963. The normalized spacial score (nSPS) is 10.9. The van der Waals surface area contributed by atoms with Crippen LogP contribution in [0.25, 0.3) is 0 Å². The molecule has 0 aliphatic carbocycles. The first-order chi connectivity index (χ1) is 10.4. The van der Waals surface area contributed by atoms with Crippen LogP contribution < -0.4 is 16.1 Å². The lowest BCUT2D eigenvalue weighted by atomic mass is 10.2. The monoisotopic (exact) mass is 377 g/mol. The number of hydrogen-bond acceptors (Lipinski definition) is 3. The highest BCUT2D eigenvalue weighted by atomic mass is 35.5. The number of nitrogens with two attached hydrogens (primary N) is 1. The van der Waals surface area contributed by atoms with Crippen molar-refractivity contribution in [1.29, 1.82) is 0 Å². The van der Waals surface area contributed by atoms with Crippen molar-refractivity contribution in [2.45, 2.75) is 0 Å². The van der Waals surface area contributed by atoms with Gasteiger partial charge in [-0.15, -0.1) is 0 Å². The molecule has 4 N–H and O–H groups in total. The Bertz CT molecular complexity index is 747. The number of carbonyl (C=O) groups is 1. The molecule has 1 aromatic carbocycles. The zero-order valence-corrected chi connectivity index (χ0v) is 13.9. The molecule has 1 aromatic heterocycles. The number of H-pyrrole nitrogens is 1. The zero-order chi connectivity index (χ0) is 16.3. The van der Waals surface area contributed by atoms with Gasteiger partial charge in [-0.25, -0.2) is 5.43 Å². The van der Waals surface area contributed by atoms with Crippen LogP contribution >= 0.6 is 46.4 Å². The highest BCUT2D eigenvalue weighted by Crippen LogP contribution is 2.31. The minimum Gasteiger partial charge on any atom is -0.396 e. The summed E-state index contributed by atoms with van der Waals surface area (Å²) >= 11 is 23.4. The molecule has 0 saturated heterocycles. The summed E-state index contributed by atoms with van der Waals surface area (Å²) in [6.07, 6.45) is 1.45. The van der Waals surface area contributed by atoms with Gasteiger partial charge in [0.05, 0.1) is 11.9 Å². The van der Waals surface area contributed by atoms with E-state index in [0.29, 0.717) is 5.02 Å². The summed E-state index contributed by atoms with van der Waals surface area (Å²) in [5.41, 5.74) is 8.69. The molecule has 2 rings (SSSR count). The maximum atomic E-state index is 12.0. The predicted molar refractivity (Wildman–Crippen MR) is 89.0 cm³/mol. The lowest BCUT2D eigenvalue weighted by Gasteiger charge is -2.02. The van der Waals surface area contributed by atoms with Crippen LogP contribution in [-0.2, 0) is 0 Å². The Morgan fingerprint density at radius 3 is 2.41 bits per heavy atom. The van der Waals surface area contributed by atoms with Crippen molar-refractivity contribution in [2.75, 3.05) is 5.73 Å². The summed E-state index contributed by atoms with van der Waals surface area (Å²) in [7, 11) is 0. The Balaban J connectivity index is 2.15. The van der Waals surface area contributed by atoms with Crippen molar-refractivity contribution in [2.24, 2.45) is 5.10 Å². The molecule has 114 valence electrons. The lowest BCUT2D eigenvalue weighted by molar-refractivity contribution is -0.379. The third-order valence-corrected chi connectivity index (χ3v) is 4.01. The standard InChI is InChI=1S/C13H8Cl4N4O/c14-7-3-1-6(2-4-7)5-19-21-13(22)11-8(15)10(18)9(16)12(17)20-11/h1-5H,(H2,18,20)(H,21,22)/p+1/b19-5-. The van der Waals surface area contributed by atoms with Gasteiger partial charge in [0.2, 0.25) is 0 Å². The first-order valence-electron chi connectivity index (χ1n) is 5.84. The van der Waals surface area contributed by atoms with E-state index in [1.54, 1.807) is 24.3 Å². The molecular formula is C13H9Cl4N4O+. The van der Waals surface area contributed by atoms with Crippen molar-refractivity contribution < 1.29 is 9.78 Å². The second kappa shape index (κ2) is 7.15. The highest BCUT2D eigenvalue weighted by Gasteiger charge is 2.25. The van der Waals surface area contributed by atoms with Gasteiger partial charge in [-0.3, -0.25) is 4.79 Å². The minimum atomic E-state index is -0.611. The molecule has 0 atom stereocenters. The average Bonchev–Trinajstić information content (AvgIpc) is 2.50.